The molecule has 0 radical (unpaired) electrons. The number of phenolic OH excluding ortho intramolecular Hbond substituents is 1. The molecule has 0 aromatic heterocycles. The van der Waals surface area contributed by atoms with Crippen LogP contribution in [-0.2, 0) is 0 Å². The highest BCUT2D eigenvalue weighted by molar-refractivity contribution is 5.94. The van der Waals surface area contributed by atoms with E-state index in [-0.39, 0.29) is 18.3 Å². The summed E-state index contributed by atoms with van der Waals surface area (Å²) in [6.45, 7) is 4.63. The maximum absolute atomic E-state index is 12.1. The van der Waals surface area contributed by atoms with Crippen molar-refractivity contribution in [1.82, 2.24) is 4.90 Å². The number of hydrogen-bond acceptors (Lipinski definition) is 3. The van der Waals surface area contributed by atoms with E-state index in [0.29, 0.717) is 18.7 Å². The average Bonchev–Trinajstić information content (AvgIpc) is 2.31. The number of rotatable bonds is 5. The maximum atomic E-state index is 12.1. The molecule has 1 amide bonds. The van der Waals surface area contributed by atoms with Crippen molar-refractivity contribution in [2.75, 3.05) is 19.7 Å². The lowest BCUT2D eigenvalue weighted by atomic mass is 10.1. The Morgan fingerprint density at radius 1 is 1.35 bits per heavy atom. The van der Waals surface area contributed by atoms with Crippen molar-refractivity contribution >= 4 is 5.91 Å². The summed E-state index contributed by atoms with van der Waals surface area (Å²) in [5.74, 6) is -0.0347. The van der Waals surface area contributed by atoms with E-state index in [9.17, 15) is 9.90 Å². The van der Waals surface area contributed by atoms with Gasteiger partial charge in [-0.1, -0.05) is 13.0 Å². The third-order valence-electron chi connectivity index (χ3n) is 2.61. The Balaban J connectivity index is 2.88. The van der Waals surface area contributed by atoms with E-state index in [4.69, 9.17) is 5.11 Å². The Morgan fingerprint density at radius 2 is 2.06 bits per heavy atom. The van der Waals surface area contributed by atoms with Crippen LogP contribution in [0.25, 0.3) is 0 Å². The van der Waals surface area contributed by atoms with Gasteiger partial charge in [-0.15, -0.1) is 0 Å². The number of aliphatic hydroxyl groups excluding tert-OH is 1. The van der Waals surface area contributed by atoms with Gasteiger partial charge in [0.05, 0.1) is 6.61 Å². The number of aryl methyl sites for hydroxylation is 1. The van der Waals surface area contributed by atoms with Crippen LogP contribution in [0.5, 0.6) is 5.75 Å². The van der Waals surface area contributed by atoms with Crippen molar-refractivity contribution in [3.05, 3.63) is 29.3 Å². The van der Waals surface area contributed by atoms with Crippen LogP contribution in [0.3, 0.4) is 0 Å². The second kappa shape index (κ2) is 6.25. The van der Waals surface area contributed by atoms with Gasteiger partial charge in [0.25, 0.3) is 5.91 Å². The molecule has 0 spiro atoms. The van der Waals surface area contributed by atoms with Gasteiger partial charge in [0, 0.05) is 18.7 Å². The summed E-state index contributed by atoms with van der Waals surface area (Å²) in [6, 6.07) is 4.88. The van der Waals surface area contributed by atoms with E-state index in [1.807, 2.05) is 6.92 Å². The Morgan fingerprint density at radius 3 is 2.59 bits per heavy atom. The number of hydrogen-bond donors (Lipinski definition) is 2. The van der Waals surface area contributed by atoms with E-state index >= 15 is 0 Å². The molecule has 0 atom stereocenters. The summed E-state index contributed by atoms with van der Waals surface area (Å²) < 4.78 is 0. The van der Waals surface area contributed by atoms with E-state index in [1.54, 1.807) is 24.0 Å². The van der Waals surface area contributed by atoms with Gasteiger partial charge >= 0.3 is 0 Å². The summed E-state index contributed by atoms with van der Waals surface area (Å²) in [7, 11) is 0. The molecule has 2 N–H and O–H groups in total. The van der Waals surface area contributed by atoms with Crippen molar-refractivity contribution in [2.45, 2.75) is 20.3 Å². The average molecular weight is 237 g/mol. The summed E-state index contributed by atoms with van der Waals surface area (Å²) in [5.41, 5.74) is 1.20. The Kier molecular flexibility index (Phi) is 4.97. The molecule has 1 rings (SSSR count). The van der Waals surface area contributed by atoms with Crippen LogP contribution in [0.15, 0.2) is 18.2 Å². The molecule has 0 saturated heterocycles. The van der Waals surface area contributed by atoms with E-state index < -0.39 is 0 Å². The first kappa shape index (κ1) is 13.5. The van der Waals surface area contributed by atoms with Crippen LogP contribution in [0.1, 0.15) is 29.3 Å². The topological polar surface area (TPSA) is 60.8 Å². The van der Waals surface area contributed by atoms with Crippen molar-refractivity contribution in [3.8, 4) is 5.75 Å². The molecule has 0 fully saturated rings. The zero-order valence-corrected chi connectivity index (χ0v) is 10.3. The number of aliphatic hydroxyl groups is 1. The number of amides is 1. The molecule has 1 aromatic rings. The molecule has 0 unspecified atom stereocenters. The molecule has 17 heavy (non-hydrogen) atoms. The molecule has 4 heteroatoms. The predicted octanol–water partition coefficient (Wildman–Crippen LogP) is 1.55. The monoisotopic (exact) mass is 237 g/mol. The molecular formula is C13H19NO3. The van der Waals surface area contributed by atoms with Gasteiger partial charge in [0.15, 0.2) is 0 Å². The Hall–Kier alpha value is -1.55. The van der Waals surface area contributed by atoms with Crippen molar-refractivity contribution in [2.24, 2.45) is 0 Å². The van der Waals surface area contributed by atoms with Crippen LogP contribution in [0.2, 0.25) is 0 Å². The summed E-state index contributed by atoms with van der Waals surface area (Å²) in [5, 5.41) is 18.5. The van der Waals surface area contributed by atoms with Gasteiger partial charge in [-0.3, -0.25) is 4.79 Å². The molecule has 0 bridgehead atoms. The zero-order chi connectivity index (χ0) is 12.8. The summed E-state index contributed by atoms with van der Waals surface area (Å²) in [6.07, 6.45) is 0.837. The molecular weight excluding hydrogens is 218 g/mol. The Labute approximate surface area is 101 Å². The fourth-order valence-corrected chi connectivity index (χ4v) is 1.63. The number of benzene rings is 1. The number of carbonyl (C=O) groups is 1. The molecule has 0 aliphatic rings. The minimum Gasteiger partial charge on any atom is -0.508 e. The molecule has 0 aliphatic carbocycles. The van der Waals surface area contributed by atoms with Crippen LogP contribution < -0.4 is 0 Å². The maximum Gasteiger partial charge on any atom is 0.254 e. The minimum atomic E-state index is -0.156. The van der Waals surface area contributed by atoms with Crippen molar-refractivity contribution < 1.29 is 15.0 Å². The molecule has 0 aliphatic heterocycles. The van der Waals surface area contributed by atoms with Gasteiger partial charge in [-0.2, -0.15) is 0 Å². The second-order valence-corrected chi connectivity index (χ2v) is 4.02. The molecule has 0 heterocycles. The highest BCUT2D eigenvalue weighted by atomic mass is 16.3. The lowest BCUT2D eigenvalue weighted by Gasteiger charge is -2.21. The van der Waals surface area contributed by atoms with Crippen LogP contribution >= 0.6 is 0 Å². The SMILES string of the molecule is CCCN(CCO)C(=O)c1ccc(C)c(O)c1. The lowest BCUT2D eigenvalue weighted by molar-refractivity contribution is 0.0721. The van der Waals surface area contributed by atoms with E-state index in [2.05, 4.69) is 0 Å². The van der Waals surface area contributed by atoms with Gasteiger partial charge in [0.2, 0.25) is 0 Å². The first-order valence-corrected chi connectivity index (χ1v) is 5.80. The van der Waals surface area contributed by atoms with E-state index in [0.717, 1.165) is 12.0 Å². The highest BCUT2D eigenvalue weighted by Gasteiger charge is 2.15. The molecule has 1 aromatic carbocycles. The standard InChI is InChI=1S/C13H19NO3/c1-3-6-14(7-8-15)13(17)11-5-4-10(2)12(16)9-11/h4-5,9,15-16H,3,6-8H2,1-2H3. The molecule has 0 saturated carbocycles. The van der Waals surface area contributed by atoms with Gasteiger partial charge in [0.1, 0.15) is 5.75 Å². The Bertz CT molecular complexity index is 384. The number of phenols is 1. The normalized spacial score (nSPS) is 10.3. The molecule has 94 valence electrons. The first-order chi connectivity index (χ1) is 8.10. The van der Waals surface area contributed by atoms with Crippen molar-refractivity contribution in [3.63, 3.8) is 0 Å². The summed E-state index contributed by atoms with van der Waals surface area (Å²) in [4.78, 5) is 13.7. The number of nitrogens with zero attached hydrogens (tertiary/aromatic N) is 1. The van der Waals surface area contributed by atoms with Crippen molar-refractivity contribution in [1.29, 1.82) is 0 Å². The fraction of sp³-hybridized carbons (Fsp3) is 0.462. The summed E-state index contributed by atoms with van der Waals surface area (Å²) >= 11 is 0. The predicted molar refractivity (Wildman–Crippen MR) is 66.1 cm³/mol. The van der Waals surface area contributed by atoms with Gasteiger partial charge in [-0.25, -0.2) is 0 Å². The lowest BCUT2D eigenvalue weighted by Crippen LogP contribution is -2.34. The second-order valence-electron chi connectivity index (χ2n) is 4.02. The van der Waals surface area contributed by atoms with Gasteiger partial charge in [-0.05, 0) is 31.0 Å². The fourth-order valence-electron chi connectivity index (χ4n) is 1.63. The third kappa shape index (κ3) is 3.46. The highest BCUT2D eigenvalue weighted by Crippen LogP contribution is 2.18. The van der Waals surface area contributed by atoms with Crippen LogP contribution in [0.4, 0.5) is 0 Å². The van der Waals surface area contributed by atoms with Crippen LogP contribution in [0, 0.1) is 6.92 Å². The largest absolute Gasteiger partial charge is 0.508 e. The molecule has 4 nitrogen and oxygen atoms in total. The number of aromatic hydroxyl groups is 1. The number of carbonyl (C=O) groups excluding carboxylic acids is 1. The zero-order valence-electron chi connectivity index (χ0n) is 10.3. The third-order valence-corrected chi connectivity index (χ3v) is 2.61. The first-order valence-electron chi connectivity index (χ1n) is 5.80. The smallest absolute Gasteiger partial charge is 0.254 e. The van der Waals surface area contributed by atoms with E-state index in [1.165, 1.54) is 6.07 Å². The minimum absolute atomic E-state index is 0.0520. The van der Waals surface area contributed by atoms with Crippen LogP contribution in [-0.4, -0.2) is 40.7 Å². The van der Waals surface area contributed by atoms with Gasteiger partial charge < -0.3 is 15.1 Å². The quantitative estimate of drug-likeness (QED) is 0.816.